The maximum absolute atomic E-state index is 5.24. The molecular formula is C62H80N10PScSi2. The summed E-state index contributed by atoms with van der Waals surface area (Å²) in [6.45, 7) is 37.1. The Morgan fingerprint density at radius 3 is 1.14 bits per heavy atom. The average molecular weight is 1100 g/mol. The molecule has 0 N–H and O–H groups in total. The zero-order valence-corrected chi connectivity index (χ0v) is 53.1. The van der Waals surface area contributed by atoms with Crippen LogP contribution in [-0.4, -0.2) is 28.5 Å². The third-order valence-corrected chi connectivity index (χ3v) is 17.9. The third kappa shape index (κ3) is 18.5. The summed E-state index contributed by atoms with van der Waals surface area (Å²) in [4.78, 5) is 5.24. The maximum Gasteiger partial charge on any atom is 3.00 e. The number of hydrogen-bond donors (Lipinski definition) is 0. The van der Waals surface area contributed by atoms with Crippen LogP contribution in [-0.2, 0) is 32.4 Å². The molecule has 10 nitrogen and oxygen atoms in total. The van der Waals surface area contributed by atoms with Gasteiger partial charge in [-0.15, -0.1) is 22.2 Å². The molecule has 0 amide bonds. The first-order valence-corrected chi connectivity index (χ1v) is 35.0. The van der Waals surface area contributed by atoms with Crippen molar-refractivity contribution in [3.63, 3.8) is 0 Å². The van der Waals surface area contributed by atoms with E-state index in [0.29, 0.717) is 6.54 Å². The van der Waals surface area contributed by atoms with Crippen LogP contribution in [0, 0.1) is 76.2 Å². The second-order valence-corrected chi connectivity index (χ2v) is 36.0. The van der Waals surface area contributed by atoms with E-state index in [1.54, 1.807) is 0 Å². The minimum Gasteiger partial charge on any atom is -0.680 e. The van der Waals surface area contributed by atoms with Crippen LogP contribution in [0.15, 0.2) is 175 Å². The van der Waals surface area contributed by atoms with Crippen molar-refractivity contribution in [1.82, 2.24) is 0 Å². The topological polar surface area (TPSA) is 129 Å². The van der Waals surface area contributed by atoms with Gasteiger partial charge in [0.05, 0.1) is 12.7 Å². The molecule has 0 aliphatic carbocycles. The third-order valence-electron chi connectivity index (χ3n) is 12.2. The van der Waals surface area contributed by atoms with Crippen molar-refractivity contribution in [2.45, 2.75) is 122 Å². The maximum atomic E-state index is 5.24. The Balaban J connectivity index is 0.000000294. The van der Waals surface area contributed by atoms with Crippen LogP contribution in [0.1, 0.15) is 66.8 Å². The number of aryl methyl sites for hydroxylation is 11. The number of para-hydroxylation sites is 1. The van der Waals surface area contributed by atoms with Crippen molar-refractivity contribution in [2.75, 3.05) is 12.3 Å². The second-order valence-electron chi connectivity index (χ2n) is 22.1. The van der Waals surface area contributed by atoms with Crippen molar-refractivity contribution >= 4 is 61.9 Å². The van der Waals surface area contributed by atoms with Crippen LogP contribution in [0.4, 0.5) is 22.7 Å². The summed E-state index contributed by atoms with van der Waals surface area (Å²) in [6.07, 6.45) is 1.67. The van der Waals surface area contributed by atoms with Gasteiger partial charge in [-0.05, 0) is 138 Å². The van der Waals surface area contributed by atoms with Crippen LogP contribution in [0.5, 0.6) is 0 Å². The normalized spacial score (nSPS) is 11.6. The molecule has 394 valence electrons. The molecule has 7 aromatic rings. The van der Waals surface area contributed by atoms with E-state index >= 15 is 0 Å². The predicted molar refractivity (Wildman–Crippen MR) is 329 cm³/mol. The molecule has 0 saturated heterocycles. The van der Waals surface area contributed by atoms with Crippen LogP contribution in [0.2, 0.25) is 39.3 Å². The Labute approximate surface area is 477 Å². The molecular weight excluding hydrogens is 1020 g/mol. The van der Waals surface area contributed by atoms with Crippen LogP contribution < -0.4 is 15.9 Å². The standard InChI is InChI=1S/C36H36N4P.2C13H22N3Si.Sc/c1-26-23-29(4)36(30(5)24-26)38-39-40-41(32-18-8-6-9-19-32,33-20-10-7-11-21-33)34-22-13-12-17-31(34)25-37-35-27(2)15-14-16-28(35)3;2*1-10-7-11(2)13(12(3)8-10)15-16-14-9-17(4,5)6;/h6-24H,25H2,1-5H3;2*7-8H,9H2,1-6H3;/q3*-1;+3. The summed E-state index contributed by atoms with van der Waals surface area (Å²) < 4.78 is 0. The number of benzene rings is 7. The Morgan fingerprint density at radius 1 is 0.408 bits per heavy atom. The summed E-state index contributed by atoms with van der Waals surface area (Å²) >= 11 is 0. The van der Waals surface area contributed by atoms with E-state index in [1.165, 1.54) is 27.8 Å². The van der Waals surface area contributed by atoms with Crippen molar-refractivity contribution in [3.05, 3.63) is 222 Å². The molecule has 0 radical (unpaired) electrons. The quantitative estimate of drug-likeness (QED) is 0.0395. The minimum atomic E-state index is -2.61. The summed E-state index contributed by atoms with van der Waals surface area (Å²) in [5.74, 6) is 0. The van der Waals surface area contributed by atoms with Gasteiger partial charge in [0.2, 0.25) is 0 Å². The molecule has 0 aromatic heterocycles. The summed E-state index contributed by atoms with van der Waals surface area (Å²) in [7, 11) is -4.91. The van der Waals surface area contributed by atoms with Crippen molar-refractivity contribution < 1.29 is 25.8 Å². The van der Waals surface area contributed by atoms with E-state index in [-0.39, 0.29) is 25.8 Å². The summed E-state index contributed by atoms with van der Waals surface area (Å²) in [5.41, 5.74) is 26.2. The van der Waals surface area contributed by atoms with E-state index in [4.69, 9.17) is 15.3 Å². The molecule has 14 heteroatoms. The fourth-order valence-corrected chi connectivity index (χ4v) is 13.2. The van der Waals surface area contributed by atoms with Crippen LogP contribution in [0.3, 0.4) is 0 Å². The largest absolute Gasteiger partial charge is 3.00 e. The Hall–Kier alpha value is -5.73. The van der Waals surface area contributed by atoms with Gasteiger partial charge < -0.3 is 26.4 Å². The minimum absolute atomic E-state index is 0. The van der Waals surface area contributed by atoms with E-state index in [9.17, 15) is 0 Å². The molecule has 0 bridgehead atoms. The van der Waals surface area contributed by atoms with Gasteiger partial charge in [-0.25, -0.2) is 0 Å². The molecule has 0 aliphatic rings. The Bertz CT molecular complexity index is 2950. The fraction of sp³-hybridized carbons (Fsp3) is 0.323. The second kappa shape index (κ2) is 29.1. The van der Waals surface area contributed by atoms with Crippen molar-refractivity contribution in [2.24, 2.45) is 35.9 Å². The molecule has 0 aliphatic heterocycles. The molecule has 0 fully saturated rings. The van der Waals surface area contributed by atoms with E-state index in [1.807, 2.05) is 12.1 Å². The molecule has 7 rings (SSSR count). The van der Waals surface area contributed by atoms with Crippen molar-refractivity contribution in [1.29, 1.82) is 0 Å². The first-order valence-electron chi connectivity index (χ1n) is 25.8. The molecule has 76 heavy (non-hydrogen) atoms. The first kappa shape index (κ1) is 62.8. The molecule has 7 aromatic carbocycles. The molecule has 0 unspecified atom stereocenters. The van der Waals surface area contributed by atoms with E-state index in [0.717, 1.165) is 89.9 Å². The van der Waals surface area contributed by atoms with Gasteiger partial charge in [0, 0.05) is 32.1 Å². The van der Waals surface area contributed by atoms with E-state index < -0.39 is 23.2 Å². The van der Waals surface area contributed by atoms with Crippen LogP contribution in [0.25, 0.3) is 16.2 Å². The number of nitrogens with zero attached hydrogens (tertiary/aromatic N) is 10. The zero-order valence-electron chi connectivity index (χ0n) is 48.4. The molecule has 0 atom stereocenters. The van der Waals surface area contributed by atoms with Gasteiger partial charge in [0.25, 0.3) is 0 Å². The van der Waals surface area contributed by atoms with Crippen LogP contribution >= 0.6 is 7.05 Å². The molecule has 0 heterocycles. The van der Waals surface area contributed by atoms with Crippen molar-refractivity contribution in [3.8, 4) is 0 Å². The SMILES string of the molecule is Cc1cc(C)c(N=NN=P(c2ccccc2)(c2ccccc2)c2ccccc2C[N-]c2c(C)cccc2C)c(C)c1.Cc1cc(C)c(N=N[N-]C[Si](C)(C)C)c(C)c1.Cc1cc(C)c(N=N[N-]C[Si](C)(C)C)c(C)c1.[Sc+3]. The molecule has 0 saturated carbocycles. The molecule has 0 spiro atoms. The smallest absolute Gasteiger partial charge is 0.680 e. The van der Waals surface area contributed by atoms with Gasteiger partial charge in [-0.1, -0.05) is 212 Å². The van der Waals surface area contributed by atoms with Gasteiger partial charge in [0.1, 0.15) is 0 Å². The fourth-order valence-electron chi connectivity index (χ4n) is 8.80. The average Bonchev–Trinajstić information content (AvgIpc) is 3.33. The summed E-state index contributed by atoms with van der Waals surface area (Å²) in [6, 6.07) is 48.8. The first-order chi connectivity index (χ1) is 35.5. The van der Waals surface area contributed by atoms with Gasteiger partial charge in [-0.2, -0.15) is 0 Å². The summed E-state index contributed by atoms with van der Waals surface area (Å²) in [5, 5.41) is 34.3. The van der Waals surface area contributed by atoms with Gasteiger partial charge in [0.15, 0.2) is 0 Å². The van der Waals surface area contributed by atoms with Gasteiger partial charge >= 0.3 is 25.8 Å². The zero-order chi connectivity index (χ0) is 54.9. The predicted octanol–water partition coefficient (Wildman–Crippen LogP) is 19.3. The monoisotopic (exact) mass is 1100 g/mol. The van der Waals surface area contributed by atoms with Gasteiger partial charge in [-0.3, -0.25) is 10.4 Å². The Kier molecular flexibility index (Phi) is 24.1. The Morgan fingerprint density at radius 2 is 0.763 bits per heavy atom. The van der Waals surface area contributed by atoms with E-state index in [2.05, 4.69) is 280 Å². The number of rotatable bonds is 16. The number of hydrogen-bond acceptors (Lipinski definition) is 5.